The van der Waals surface area contributed by atoms with Crippen LogP contribution in [-0.4, -0.2) is 34.5 Å². The number of aliphatic carboxylic acids is 1. The molecule has 3 aromatic rings. The Morgan fingerprint density at radius 3 is 2.41 bits per heavy atom. The standard InChI is InChI=1S/C26H30N2O4/c29-26(30)17-19-7-9-20(10-8-19)21-11-13-22(14-12-21)24-18-25(28-27-24)32-16-4-15-31-23-5-2-1-3-6-23/h1-3,5-6,11-14,18-20H,4,7-10,15-17H2,(H,27,28)(H,29,30). The molecule has 0 amide bonds. The van der Waals surface area contributed by atoms with Crippen LogP contribution < -0.4 is 9.47 Å². The lowest BCUT2D eigenvalue weighted by Gasteiger charge is -2.28. The zero-order chi connectivity index (χ0) is 22.2. The first-order valence-electron chi connectivity index (χ1n) is 11.4. The van der Waals surface area contributed by atoms with Gasteiger partial charge in [0.15, 0.2) is 0 Å². The molecule has 0 saturated heterocycles. The highest BCUT2D eigenvalue weighted by Crippen LogP contribution is 2.37. The average Bonchev–Trinajstić information content (AvgIpc) is 3.29. The topological polar surface area (TPSA) is 84.4 Å². The van der Waals surface area contributed by atoms with Gasteiger partial charge in [0.05, 0.1) is 18.9 Å². The number of hydrogen-bond acceptors (Lipinski definition) is 4. The van der Waals surface area contributed by atoms with Crippen molar-refractivity contribution >= 4 is 5.97 Å². The van der Waals surface area contributed by atoms with Crippen LogP contribution in [0.25, 0.3) is 11.3 Å². The van der Waals surface area contributed by atoms with Gasteiger partial charge in [-0.05, 0) is 60.8 Å². The number of nitrogens with one attached hydrogen (secondary N) is 1. The lowest BCUT2D eigenvalue weighted by atomic mass is 9.77. The Morgan fingerprint density at radius 1 is 0.969 bits per heavy atom. The van der Waals surface area contributed by atoms with Crippen molar-refractivity contribution in [1.29, 1.82) is 0 Å². The molecule has 1 aliphatic carbocycles. The molecule has 6 heteroatoms. The highest BCUT2D eigenvalue weighted by atomic mass is 16.5. The number of hydrogen-bond donors (Lipinski definition) is 2. The molecule has 0 radical (unpaired) electrons. The van der Waals surface area contributed by atoms with Crippen LogP contribution in [0.4, 0.5) is 0 Å². The molecule has 0 bridgehead atoms. The molecule has 2 N–H and O–H groups in total. The number of carboxylic acids is 1. The van der Waals surface area contributed by atoms with Crippen molar-refractivity contribution in [3.63, 3.8) is 0 Å². The minimum Gasteiger partial charge on any atom is -0.493 e. The predicted molar refractivity (Wildman–Crippen MR) is 123 cm³/mol. The lowest BCUT2D eigenvalue weighted by molar-refractivity contribution is -0.138. The number of aromatic nitrogens is 2. The van der Waals surface area contributed by atoms with E-state index in [0.29, 0.717) is 37.4 Å². The number of H-pyrrole nitrogens is 1. The first-order valence-corrected chi connectivity index (χ1v) is 11.4. The molecule has 0 spiro atoms. The van der Waals surface area contributed by atoms with Crippen molar-refractivity contribution in [2.75, 3.05) is 13.2 Å². The third kappa shape index (κ3) is 6.13. The summed E-state index contributed by atoms with van der Waals surface area (Å²) < 4.78 is 11.4. The molecule has 4 rings (SSSR count). The van der Waals surface area contributed by atoms with E-state index in [-0.39, 0.29) is 0 Å². The fourth-order valence-corrected chi connectivity index (χ4v) is 4.35. The Hall–Kier alpha value is -3.28. The van der Waals surface area contributed by atoms with Crippen LogP contribution in [0.3, 0.4) is 0 Å². The van der Waals surface area contributed by atoms with Gasteiger partial charge >= 0.3 is 5.97 Å². The van der Waals surface area contributed by atoms with E-state index in [1.165, 1.54) is 5.56 Å². The Kier molecular flexibility index (Phi) is 7.43. The summed E-state index contributed by atoms with van der Waals surface area (Å²) in [6.07, 6.45) is 5.20. The van der Waals surface area contributed by atoms with Gasteiger partial charge in [-0.1, -0.05) is 42.5 Å². The molecule has 168 valence electrons. The predicted octanol–water partition coefficient (Wildman–Crippen LogP) is 5.67. The maximum absolute atomic E-state index is 10.9. The van der Waals surface area contributed by atoms with Gasteiger partial charge in [-0.25, -0.2) is 0 Å². The van der Waals surface area contributed by atoms with Crippen molar-refractivity contribution < 1.29 is 19.4 Å². The largest absolute Gasteiger partial charge is 0.493 e. The summed E-state index contributed by atoms with van der Waals surface area (Å²) in [7, 11) is 0. The monoisotopic (exact) mass is 434 g/mol. The molecule has 1 fully saturated rings. The number of benzene rings is 2. The molecule has 0 atom stereocenters. The summed E-state index contributed by atoms with van der Waals surface area (Å²) in [5.41, 5.74) is 3.33. The summed E-state index contributed by atoms with van der Waals surface area (Å²) in [6.45, 7) is 1.14. The van der Waals surface area contributed by atoms with Gasteiger partial charge < -0.3 is 14.6 Å². The number of carbonyl (C=O) groups is 1. The van der Waals surface area contributed by atoms with Gasteiger partial charge in [-0.3, -0.25) is 9.89 Å². The number of rotatable bonds is 10. The normalized spacial score (nSPS) is 18.2. The van der Waals surface area contributed by atoms with Gasteiger partial charge in [-0.2, -0.15) is 0 Å². The van der Waals surface area contributed by atoms with Crippen LogP contribution in [0, 0.1) is 5.92 Å². The minimum absolute atomic E-state index is 0.302. The lowest BCUT2D eigenvalue weighted by Crippen LogP contribution is -2.16. The van der Waals surface area contributed by atoms with Gasteiger partial charge in [0.1, 0.15) is 5.75 Å². The molecule has 1 heterocycles. The van der Waals surface area contributed by atoms with E-state index in [4.69, 9.17) is 14.6 Å². The fraction of sp³-hybridized carbons (Fsp3) is 0.385. The number of nitrogens with zero attached hydrogens (tertiary/aromatic N) is 1. The highest BCUT2D eigenvalue weighted by Gasteiger charge is 2.24. The van der Waals surface area contributed by atoms with Gasteiger partial charge in [0.25, 0.3) is 0 Å². The molecule has 1 saturated carbocycles. The Labute approximate surface area is 188 Å². The van der Waals surface area contributed by atoms with Crippen LogP contribution in [0.15, 0.2) is 60.7 Å². The van der Waals surface area contributed by atoms with E-state index in [2.05, 4.69) is 34.5 Å². The van der Waals surface area contributed by atoms with Crippen molar-refractivity contribution in [1.82, 2.24) is 10.2 Å². The van der Waals surface area contributed by atoms with E-state index in [1.54, 1.807) is 0 Å². The van der Waals surface area contributed by atoms with Gasteiger partial charge in [0.2, 0.25) is 5.88 Å². The van der Waals surface area contributed by atoms with E-state index in [1.807, 2.05) is 36.4 Å². The third-order valence-electron chi connectivity index (χ3n) is 6.11. The molecule has 0 aliphatic heterocycles. The first-order chi connectivity index (χ1) is 15.7. The second-order valence-electron chi connectivity index (χ2n) is 8.42. The van der Waals surface area contributed by atoms with Crippen molar-refractivity contribution in [3.8, 4) is 22.9 Å². The van der Waals surface area contributed by atoms with Gasteiger partial charge in [0, 0.05) is 18.9 Å². The molecule has 6 nitrogen and oxygen atoms in total. The molecule has 32 heavy (non-hydrogen) atoms. The van der Waals surface area contributed by atoms with Crippen molar-refractivity contribution in [2.24, 2.45) is 5.92 Å². The smallest absolute Gasteiger partial charge is 0.303 e. The van der Waals surface area contributed by atoms with E-state index < -0.39 is 5.97 Å². The summed E-state index contributed by atoms with van der Waals surface area (Å²) in [5.74, 6) is 1.62. The number of para-hydroxylation sites is 1. The second-order valence-corrected chi connectivity index (χ2v) is 8.42. The van der Waals surface area contributed by atoms with Crippen molar-refractivity contribution in [3.05, 3.63) is 66.2 Å². The first kappa shape index (κ1) is 21.9. The maximum atomic E-state index is 10.9. The van der Waals surface area contributed by atoms with Crippen LogP contribution >= 0.6 is 0 Å². The Morgan fingerprint density at radius 2 is 1.69 bits per heavy atom. The molecular formula is C26H30N2O4. The molecule has 0 unspecified atom stereocenters. The minimum atomic E-state index is -0.679. The van der Waals surface area contributed by atoms with Crippen LogP contribution in [0.1, 0.15) is 50.0 Å². The number of ether oxygens (including phenoxy) is 2. The zero-order valence-corrected chi connectivity index (χ0v) is 18.2. The third-order valence-corrected chi connectivity index (χ3v) is 6.11. The van der Waals surface area contributed by atoms with Crippen LogP contribution in [0.2, 0.25) is 0 Å². The second kappa shape index (κ2) is 10.8. The SMILES string of the molecule is O=C(O)CC1CCC(c2ccc(-c3cc(OCCCOc4ccccc4)n[nH]3)cc2)CC1. The number of aromatic amines is 1. The van der Waals surface area contributed by atoms with E-state index in [0.717, 1.165) is 49.1 Å². The molecule has 2 aromatic carbocycles. The average molecular weight is 435 g/mol. The Balaban J connectivity index is 1.22. The summed E-state index contributed by atoms with van der Waals surface area (Å²) in [4.78, 5) is 10.9. The molecule has 1 aliphatic rings. The van der Waals surface area contributed by atoms with Crippen molar-refractivity contribution in [2.45, 2.75) is 44.4 Å². The maximum Gasteiger partial charge on any atom is 0.303 e. The zero-order valence-electron chi connectivity index (χ0n) is 18.2. The molecular weight excluding hydrogens is 404 g/mol. The summed E-state index contributed by atoms with van der Waals surface area (Å²) in [5, 5.41) is 16.3. The Bertz CT molecular complexity index is 977. The van der Waals surface area contributed by atoms with E-state index >= 15 is 0 Å². The molecule has 1 aromatic heterocycles. The van der Waals surface area contributed by atoms with Gasteiger partial charge in [-0.15, -0.1) is 5.10 Å². The fourth-order valence-electron chi connectivity index (χ4n) is 4.35. The summed E-state index contributed by atoms with van der Waals surface area (Å²) >= 11 is 0. The van der Waals surface area contributed by atoms with Crippen LogP contribution in [0.5, 0.6) is 11.6 Å². The number of carboxylic acid groups (broad SMARTS) is 1. The van der Waals surface area contributed by atoms with Crippen LogP contribution in [-0.2, 0) is 4.79 Å². The summed E-state index contributed by atoms with van der Waals surface area (Å²) in [6, 6.07) is 20.3. The highest BCUT2D eigenvalue weighted by molar-refractivity contribution is 5.67. The van der Waals surface area contributed by atoms with E-state index in [9.17, 15) is 4.79 Å². The quantitative estimate of drug-likeness (QED) is 0.402.